The molecule has 9 heteroatoms. The Kier molecular flexibility index (Phi) is 9.86. The summed E-state index contributed by atoms with van der Waals surface area (Å²) >= 11 is 0. The SMILES string of the molecule is CN(C)CCc1c[nH]c2cccc(OC(=O)CCOCCC(=O)Oc3cccc4c3C(CCN(C)C)C=N4)c12. The second-order valence-electron chi connectivity index (χ2n) is 10.3. The molecule has 4 rings (SSSR count). The number of nitrogens with one attached hydrogen (secondary N) is 1. The summed E-state index contributed by atoms with van der Waals surface area (Å²) in [6.45, 7) is 2.11. The summed E-state index contributed by atoms with van der Waals surface area (Å²) in [6.07, 6.45) is 5.80. The van der Waals surface area contributed by atoms with Crippen LogP contribution < -0.4 is 9.47 Å². The summed E-state index contributed by atoms with van der Waals surface area (Å²) in [5.41, 5.74) is 3.85. The number of aromatic nitrogens is 1. The number of ether oxygens (including phenoxy) is 3. The van der Waals surface area contributed by atoms with Gasteiger partial charge in [0.1, 0.15) is 11.5 Å². The Hall–Kier alpha value is -3.53. The topological polar surface area (TPSA) is 96.5 Å². The van der Waals surface area contributed by atoms with Gasteiger partial charge in [-0.2, -0.15) is 0 Å². The Morgan fingerprint density at radius 2 is 1.56 bits per heavy atom. The molecule has 9 nitrogen and oxygen atoms in total. The fraction of sp³-hybridized carbons (Fsp3) is 0.433. The van der Waals surface area contributed by atoms with Crippen LogP contribution in [0.1, 0.15) is 36.3 Å². The van der Waals surface area contributed by atoms with Crippen molar-refractivity contribution in [3.8, 4) is 11.5 Å². The van der Waals surface area contributed by atoms with Crippen molar-refractivity contribution in [2.45, 2.75) is 31.6 Å². The highest BCUT2D eigenvalue weighted by Gasteiger charge is 2.24. The first-order valence-electron chi connectivity index (χ1n) is 13.4. The van der Waals surface area contributed by atoms with Gasteiger partial charge in [0.2, 0.25) is 0 Å². The third kappa shape index (κ3) is 7.75. The molecule has 0 spiro atoms. The summed E-state index contributed by atoms with van der Waals surface area (Å²) in [4.78, 5) is 37.0. The van der Waals surface area contributed by atoms with Gasteiger partial charge >= 0.3 is 11.9 Å². The number of fused-ring (bicyclic) bond motifs is 2. The number of benzene rings is 2. The molecule has 39 heavy (non-hydrogen) atoms. The van der Waals surface area contributed by atoms with Gasteiger partial charge in [-0.1, -0.05) is 12.1 Å². The van der Waals surface area contributed by atoms with E-state index in [1.54, 1.807) is 6.07 Å². The van der Waals surface area contributed by atoms with Crippen LogP contribution in [-0.4, -0.2) is 87.4 Å². The van der Waals surface area contributed by atoms with E-state index in [9.17, 15) is 9.59 Å². The normalized spacial score (nSPS) is 14.4. The van der Waals surface area contributed by atoms with Crippen molar-refractivity contribution in [3.63, 3.8) is 0 Å². The molecule has 1 aliphatic rings. The van der Waals surface area contributed by atoms with Gasteiger partial charge in [-0.25, -0.2) is 0 Å². The van der Waals surface area contributed by atoms with Crippen LogP contribution in [-0.2, 0) is 20.7 Å². The molecular weight excluding hydrogens is 496 g/mol. The molecule has 2 heterocycles. The van der Waals surface area contributed by atoms with Gasteiger partial charge in [0.15, 0.2) is 0 Å². The molecule has 0 saturated heterocycles. The maximum atomic E-state index is 12.5. The zero-order valence-corrected chi connectivity index (χ0v) is 23.2. The second-order valence-corrected chi connectivity index (χ2v) is 10.3. The van der Waals surface area contributed by atoms with E-state index in [1.165, 1.54) is 0 Å². The van der Waals surface area contributed by atoms with E-state index in [0.29, 0.717) is 11.5 Å². The highest BCUT2D eigenvalue weighted by Crippen LogP contribution is 2.40. The number of carbonyl (C=O) groups is 2. The highest BCUT2D eigenvalue weighted by molar-refractivity contribution is 5.91. The minimum absolute atomic E-state index is 0.0832. The van der Waals surface area contributed by atoms with Gasteiger partial charge in [-0.05, 0) is 77.4 Å². The van der Waals surface area contributed by atoms with E-state index >= 15 is 0 Å². The third-order valence-corrected chi connectivity index (χ3v) is 6.62. The van der Waals surface area contributed by atoms with Gasteiger partial charge in [-0.3, -0.25) is 14.6 Å². The molecule has 1 aliphatic heterocycles. The number of likely N-dealkylation sites (N-methyl/N-ethyl adjacent to an activating group) is 1. The fourth-order valence-corrected chi connectivity index (χ4v) is 4.57. The number of rotatable bonds is 14. The fourth-order valence-electron chi connectivity index (χ4n) is 4.57. The van der Waals surface area contributed by atoms with Gasteiger partial charge in [0, 0.05) is 41.3 Å². The summed E-state index contributed by atoms with van der Waals surface area (Å²) in [6, 6.07) is 11.2. The number of H-pyrrole nitrogens is 1. The first-order valence-corrected chi connectivity index (χ1v) is 13.4. The zero-order chi connectivity index (χ0) is 27.8. The standard InChI is InChI=1S/C30H38N4O5/c1-33(2)15-11-21-19-31-23-7-5-9-25(29(21)23)38-27(35)13-17-37-18-14-28(36)39-26-10-6-8-24-30(26)22(20-32-24)12-16-34(3)4/h5-10,19-21,32H,11-18H2,1-4H3. The van der Waals surface area contributed by atoms with Crippen LogP contribution >= 0.6 is 0 Å². The monoisotopic (exact) mass is 534 g/mol. The molecule has 0 saturated carbocycles. The number of carbonyl (C=O) groups excluding carboxylic acids is 2. The Morgan fingerprint density at radius 3 is 2.28 bits per heavy atom. The molecular formula is C30H38N4O5. The predicted octanol–water partition coefficient (Wildman–Crippen LogP) is 4.33. The van der Waals surface area contributed by atoms with Crippen LogP contribution in [0.5, 0.6) is 11.5 Å². The van der Waals surface area contributed by atoms with Crippen molar-refractivity contribution in [1.82, 2.24) is 14.8 Å². The van der Waals surface area contributed by atoms with E-state index in [0.717, 1.165) is 53.6 Å². The molecule has 1 N–H and O–H groups in total. The van der Waals surface area contributed by atoms with E-state index in [2.05, 4.69) is 19.8 Å². The van der Waals surface area contributed by atoms with Gasteiger partial charge < -0.3 is 29.0 Å². The van der Waals surface area contributed by atoms with E-state index < -0.39 is 0 Å². The van der Waals surface area contributed by atoms with Crippen LogP contribution in [0.25, 0.3) is 10.9 Å². The van der Waals surface area contributed by atoms with Crippen LogP contribution in [0.3, 0.4) is 0 Å². The molecule has 1 atom stereocenters. The Bertz CT molecular complexity index is 1310. The third-order valence-electron chi connectivity index (χ3n) is 6.62. The molecule has 0 aliphatic carbocycles. The molecule has 1 unspecified atom stereocenters. The van der Waals surface area contributed by atoms with Crippen LogP contribution in [0, 0.1) is 0 Å². The van der Waals surface area contributed by atoms with Crippen molar-refractivity contribution in [3.05, 3.63) is 53.7 Å². The molecule has 0 radical (unpaired) electrons. The van der Waals surface area contributed by atoms with Crippen molar-refractivity contribution in [1.29, 1.82) is 0 Å². The average molecular weight is 535 g/mol. The van der Waals surface area contributed by atoms with Crippen molar-refractivity contribution in [2.75, 3.05) is 54.5 Å². The Labute approximate surface area is 229 Å². The maximum Gasteiger partial charge on any atom is 0.313 e. The number of aliphatic imine (C=N–C) groups is 1. The Balaban J connectivity index is 1.22. The van der Waals surface area contributed by atoms with Crippen molar-refractivity contribution in [2.24, 2.45) is 4.99 Å². The minimum Gasteiger partial charge on any atom is -0.426 e. The number of hydrogen-bond acceptors (Lipinski definition) is 8. The van der Waals surface area contributed by atoms with Gasteiger partial charge in [0.05, 0.1) is 31.7 Å². The highest BCUT2D eigenvalue weighted by atomic mass is 16.5. The number of esters is 2. The lowest BCUT2D eigenvalue weighted by Crippen LogP contribution is -2.17. The lowest BCUT2D eigenvalue weighted by Gasteiger charge is -2.16. The van der Waals surface area contributed by atoms with Gasteiger partial charge in [-0.15, -0.1) is 0 Å². The summed E-state index contributed by atoms with van der Waals surface area (Å²) in [5, 5.41) is 0.929. The van der Waals surface area contributed by atoms with Crippen LogP contribution in [0.2, 0.25) is 0 Å². The summed E-state index contributed by atoms with van der Waals surface area (Å²) in [5.74, 6) is 0.447. The molecule has 1 aromatic heterocycles. The molecule has 208 valence electrons. The van der Waals surface area contributed by atoms with Crippen LogP contribution in [0.15, 0.2) is 47.6 Å². The largest absolute Gasteiger partial charge is 0.426 e. The summed E-state index contributed by atoms with van der Waals surface area (Å²) < 4.78 is 16.9. The average Bonchev–Trinajstić information content (AvgIpc) is 3.51. The molecule has 2 aromatic carbocycles. The van der Waals surface area contributed by atoms with Crippen molar-refractivity contribution < 1.29 is 23.8 Å². The maximum absolute atomic E-state index is 12.5. The van der Waals surface area contributed by atoms with E-state index in [1.807, 2.05) is 70.9 Å². The molecule has 0 bridgehead atoms. The number of hydrogen-bond donors (Lipinski definition) is 1. The van der Waals surface area contributed by atoms with E-state index in [4.69, 9.17) is 14.2 Å². The lowest BCUT2D eigenvalue weighted by molar-refractivity contribution is -0.136. The summed E-state index contributed by atoms with van der Waals surface area (Å²) in [7, 11) is 8.12. The zero-order valence-electron chi connectivity index (χ0n) is 23.2. The lowest BCUT2D eigenvalue weighted by atomic mass is 9.96. The Morgan fingerprint density at radius 1 is 0.897 bits per heavy atom. The first-order chi connectivity index (χ1) is 18.8. The molecule has 0 amide bonds. The van der Waals surface area contributed by atoms with Crippen LogP contribution in [0.4, 0.5) is 5.69 Å². The minimum atomic E-state index is -0.381. The van der Waals surface area contributed by atoms with Gasteiger partial charge in [0.25, 0.3) is 0 Å². The van der Waals surface area contributed by atoms with Crippen molar-refractivity contribution >= 4 is 34.7 Å². The predicted molar refractivity (Wildman–Crippen MR) is 152 cm³/mol. The smallest absolute Gasteiger partial charge is 0.313 e. The molecule has 3 aromatic rings. The van der Waals surface area contributed by atoms with E-state index in [-0.39, 0.29) is 43.9 Å². The second kappa shape index (κ2) is 13.5. The quantitative estimate of drug-likeness (QED) is 0.187. The number of aromatic amines is 1. The first kappa shape index (κ1) is 28.5. The number of nitrogens with zero attached hydrogens (tertiary/aromatic N) is 3. The molecule has 0 fully saturated rings.